The number of aromatic nitrogens is 4. The van der Waals surface area contributed by atoms with E-state index in [0.717, 1.165) is 60.0 Å². The number of likely N-dealkylation sites (N-methyl/N-ethyl adjacent to an activating group) is 1. The lowest BCUT2D eigenvalue weighted by atomic mass is 9.90. The van der Waals surface area contributed by atoms with E-state index in [2.05, 4.69) is 14.7 Å². The highest BCUT2D eigenvalue weighted by atomic mass is 35.5. The van der Waals surface area contributed by atoms with Gasteiger partial charge in [-0.05, 0) is 63.4 Å². The van der Waals surface area contributed by atoms with Crippen molar-refractivity contribution in [1.82, 2.24) is 24.6 Å². The van der Waals surface area contributed by atoms with E-state index in [4.69, 9.17) is 21.8 Å². The number of carboxylic acids is 1. The van der Waals surface area contributed by atoms with Crippen LogP contribution in [0.15, 0.2) is 36.8 Å². The second kappa shape index (κ2) is 11.7. The number of H-pyrrole nitrogens is 1. The van der Waals surface area contributed by atoms with Crippen LogP contribution < -0.4 is 4.74 Å². The van der Waals surface area contributed by atoms with Gasteiger partial charge in [-0.1, -0.05) is 18.5 Å². The zero-order valence-electron chi connectivity index (χ0n) is 22.9. The molecule has 41 heavy (non-hydrogen) atoms. The van der Waals surface area contributed by atoms with E-state index in [9.17, 15) is 18.0 Å². The van der Waals surface area contributed by atoms with Gasteiger partial charge < -0.3 is 14.8 Å². The Morgan fingerprint density at radius 2 is 2.00 bits per heavy atom. The standard InChI is InChI=1S/C29H31ClF3N5O3/c1-15(26-24(41-29(32)33)9-8-23(31)27(26)30)21-12-35-28-20(21)10-17(11-34-28)22-13-36-38(16(22)2)19-6-4-18(5-7-19)37(3)14-25(39)40/h8-13,15,18-19,29H,4-7,14H2,1-3H3,(H,34,35)(H,39,40)/t15-,18?,19?/m0/s1. The summed E-state index contributed by atoms with van der Waals surface area (Å²) < 4.78 is 47.3. The van der Waals surface area contributed by atoms with Crippen LogP contribution in [0.1, 0.15) is 61.4 Å². The Balaban J connectivity index is 1.42. The number of alkyl halides is 2. The first-order chi connectivity index (χ1) is 19.5. The van der Waals surface area contributed by atoms with Crippen molar-refractivity contribution in [3.8, 4) is 16.9 Å². The van der Waals surface area contributed by atoms with Crippen molar-refractivity contribution in [3.05, 3.63) is 64.5 Å². The predicted molar refractivity (Wildman–Crippen MR) is 149 cm³/mol. The fraction of sp³-hybridized carbons (Fsp3) is 0.414. The lowest BCUT2D eigenvalue weighted by Crippen LogP contribution is -2.38. The first-order valence-electron chi connectivity index (χ1n) is 13.4. The Hall–Kier alpha value is -3.57. The van der Waals surface area contributed by atoms with Crippen LogP contribution in [-0.4, -0.2) is 62.0 Å². The molecule has 1 aliphatic carbocycles. The van der Waals surface area contributed by atoms with Crippen LogP contribution in [0, 0.1) is 12.7 Å². The van der Waals surface area contributed by atoms with E-state index < -0.39 is 24.3 Å². The maximum Gasteiger partial charge on any atom is 0.387 e. The number of pyridine rings is 1. The molecule has 0 aliphatic heterocycles. The Bertz CT molecular complexity index is 1560. The summed E-state index contributed by atoms with van der Waals surface area (Å²) in [7, 11) is 1.85. The van der Waals surface area contributed by atoms with Gasteiger partial charge in [-0.3, -0.25) is 14.4 Å². The number of aliphatic carboxylic acids is 1. The lowest BCUT2D eigenvalue weighted by Gasteiger charge is -2.34. The number of benzene rings is 1. The van der Waals surface area contributed by atoms with E-state index >= 15 is 0 Å². The third kappa shape index (κ3) is 5.78. The average molecular weight is 590 g/mol. The number of fused-ring (bicyclic) bond motifs is 1. The quantitative estimate of drug-likeness (QED) is 0.223. The summed E-state index contributed by atoms with van der Waals surface area (Å²) >= 11 is 6.25. The number of ether oxygens (including phenoxy) is 1. The lowest BCUT2D eigenvalue weighted by molar-refractivity contribution is -0.138. The molecule has 0 unspecified atom stereocenters. The number of halogens is 4. The molecule has 0 spiro atoms. The molecule has 1 aliphatic rings. The second-order valence-electron chi connectivity index (χ2n) is 10.6. The van der Waals surface area contributed by atoms with Gasteiger partial charge in [0, 0.05) is 52.1 Å². The van der Waals surface area contributed by atoms with Gasteiger partial charge in [0.15, 0.2) is 0 Å². The number of hydrogen-bond acceptors (Lipinski definition) is 5. The zero-order chi connectivity index (χ0) is 29.4. The highest BCUT2D eigenvalue weighted by molar-refractivity contribution is 6.31. The highest BCUT2D eigenvalue weighted by Crippen LogP contribution is 2.42. The van der Waals surface area contributed by atoms with Crippen LogP contribution in [0.3, 0.4) is 0 Å². The largest absolute Gasteiger partial charge is 0.480 e. The summed E-state index contributed by atoms with van der Waals surface area (Å²) in [5, 5.41) is 14.3. The number of hydrogen-bond donors (Lipinski definition) is 2. The molecule has 1 aromatic carbocycles. The molecule has 3 heterocycles. The van der Waals surface area contributed by atoms with E-state index in [-0.39, 0.29) is 35.0 Å². The molecule has 5 rings (SSSR count). The fourth-order valence-corrected chi connectivity index (χ4v) is 6.32. The summed E-state index contributed by atoms with van der Waals surface area (Å²) in [6.07, 6.45) is 8.85. The van der Waals surface area contributed by atoms with Crippen LogP contribution >= 0.6 is 11.6 Å². The number of carboxylic acid groups (broad SMARTS) is 1. The van der Waals surface area contributed by atoms with Crippen molar-refractivity contribution in [3.63, 3.8) is 0 Å². The summed E-state index contributed by atoms with van der Waals surface area (Å²) in [4.78, 5) is 20.7. The first-order valence-corrected chi connectivity index (χ1v) is 13.8. The molecule has 0 saturated heterocycles. The van der Waals surface area contributed by atoms with E-state index in [1.807, 2.05) is 35.8 Å². The van der Waals surface area contributed by atoms with Crippen molar-refractivity contribution in [1.29, 1.82) is 0 Å². The van der Waals surface area contributed by atoms with E-state index in [1.54, 1.807) is 19.3 Å². The van der Waals surface area contributed by atoms with Crippen LogP contribution in [0.2, 0.25) is 5.02 Å². The highest BCUT2D eigenvalue weighted by Gasteiger charge is 2.28. The van der Waals surface area contributed by atoms with Crippen molar-refractivity contribution >= 4 is 28.6 Å². The van der Waals surface area contributed by atoms with Crippen molar-refractivity contribution < 1.29 is 27.8 Å². The van der Waals surface area contributed by atoms with Gasteiger partial charge in [0.2, 0.25) is 0 Å². The van der Waals surface area contributed by atoms with E-state index in [1.165, 1.54) is 0 Å². The number of nitrogens with zero attached hydrogens (tertiary/aromatic N) is 4. The van der Waals surface area contributed by atoms with Gasteiger partial charge in [-0.15, -0.1) is 0 Å². The first kappa shape index (κ1) is 28.9. The molecule has 0 amide bonds. The third-order valence-electron chi connectivity index (χ3n) is 8.15. The Morgan fingerprint density at radius 3 is 2.68 bits per heavy atom. The average Bonchev–Trinajstić information content (AvgIpc) is 3.53. The molecular weight excluding hydrogens is 559 g/mol. The molecule has 1 atom stereocenters. The molecule has 8 nitrogen and oxygen atoms in total. The smallest absolute Gasteiger partial charge is 0.387 e. The summed E-state index contributed by atoms with van der Waals surface area (Å²) in [5.74, 6) is -2.32. The Labute approximate surface area is 240 Å². The van der Waals surface area contributed by atoms with Crippen LogP contribution in [-0.2, 0) is 4.79 Å². The van der Waals surface area contributed by atoms with Crippen molar-refractivity contribution in [2.75, 3.05) is 13.6 Å². The number of carbonyl (C=O) groups is 1. The van der Waals surface area contributed by atoms with Crippen molar-refractivity contribution in [2.45, 2.75) is 64.1 Å². The van der Waals surface area contributed by atoms with Gasteiger partial charge in [-0.2, -0.15) is 13.9 Å². The molecule has 0 radical (unpaired) electrons. The molecule has 2 N–H and O–H groups in total. The molecule has 12 heteroatoms. The molecule has 1 fully saturated rings. The SMILES string of the molecule is Cc1c(-c2cnc3[nH]cc([C@H](C)c4c(OC(F)F)ccc(F)c4Cl)c3c2)cnn1C1CCC(N(C)CC(=O)O)CC1. The minimum Gasteiger partial charge on any atom is -0.480 e. The zero-order valence-corrected chi connectivity index (χ0v) is 23.6. The molecular formula is C29H31ClF3N5O3. The molecule has 4 aromatic rings. The van der Waals surface area contributed by atoms with Gasteiger partial charge in [0.25, 0.3) is 0 Å². The molecule has 0 bridgehead atoms. The van der Waals surface area contributed by atoms with Gasteiger partial charge in [0.1, 0.15) is 17.2 Å². The Kier molecular flexibility index (Phi) is 8.28. The maximum absolute atomic E-state index is 14.4. The van der Waals surface area contributed by atoms with Gasteiger partial charge >= 0.3 is 12.6 Å². The number of rotatable bonds is 9. The monoisotopic (exact) mass is 589 g/mol. The Morgan fingerprint density at radius 1 is 1.27 bits per heavy atom. The second-order valence-corrected chi connectivity index (χ2v) is 11.0. The normalized spacial score (nSPS) is 18.4. The molecule has 218 valence electrons. The van der Waals surface area contributed by atoms with Crippen LogP contribution in [0.5, 0.6) is 5.75 Å². The minimum absolute atomic E-state index is 0.0293. The summed E-state index contributed by atoms with van der Waals surface area (Å²) in [6, 6.07) is 4.56. The van der Waals surface area contributed by atoms with Gasteiger partial charge in [0.05, 0.1) is 23.8 Å². The summed E-state index contributed by atoms with van der Waals surface area (Å²) in [6.45, 7) is 0.707. The fourth-order valence-electron chi connectivity index (χ4n) is 6.00. The van der Waals surface area contributed by atoms with Crippen LogP contribution in [0.4, 0.5) is 13.2 Å². The van der Waals surface area contributed by atoms with Gasteiger partial charge in [-0.25, -0.2) is 9.37 Å². The minimum atomic E-state index is -3.08. The van der Waals surface area contributed by atoms with Crippen LogP contribution in [0.25, 0.3) is 22.2 Å². The van der Waals surface area contributed by atoms with Crippen molar-refractivity contribution in [2.24, 2.45) is 0 Å². The summed E-state index contributed by atoms with van der Waals surface area (Å²) in [5.41, 5.74) is 4.16. The maximum atomic E-state index is 14.4. The predicted octanol–water partition coefficient (Wildman–Crippen LogP) is 6.78. The molecule has 3 aromatic heterocycles. The number of nitrogens with one attached hydrogen (secondary N) is 1. The topological polar surface area (TPSA) is 96.3 Å². The molecule has 1 saturated carbocycles. The number of aromatic amines is 1. The third-order valence-corrected chi connectivity index (χ3v) is 8.53. The van der Waals surface area contributed by atoms with E-state index in [0.29, 0.717) is 11.2 Å².